The van der Waals surface area contributed by atoms with Crippen molar-refractivity contribution in [3.8, 4) is 0 Å². The number of aryl methyl sites for hydroxylation is 2. The van der Waals surface area contributed by atoms with Gasteiger partial charge in [0.15, 0.2) is 5.78 Å². The van der Waals surface area contributed by atoms with Crippen LogP contribution in [0.1, 0.15) is 46.4 Å². The number of Topliss-reactive ketones (excluding diaryl/α,β-unsaturated/α-hetero) is 1. The first kappa shape index (κ1) is 12.0. The Hall–Kier alpha value is -2.03. The number of aromatic nitrogens is 2. The normalized spacial score (nSPS) is 17.2. The topological polar surface area (TPSA) is 42.9 Å². The van der Waals surface area contributed by atoms with Crippen molar-refractivity contribution in [3.63, 3.8) is 0 Å². The van der Waals surface area contributed by atoms with Crippen LogP contribution in [0.25, 0.3) is 0 Å². The van der Waals surface area contributed by atoms with Crippen LogP contribution in [0, 0.1) is 0 Å². The van der Waals surface area contributed by atoms with E-state index < -0.39 is 0 Å². The number of hydrogen-bond donors (Lipinski definition) is 0. The highest BCUT2D eigenvalue weighted by atomic mass is 16.1. The van der Waals surface area contributed by atoms with Crippen molar-refractivity contribution in [2.45, 2.75) is 32.1 Å². The van der Waals surface area contributed by atoms with Crippen LogP contribution in [0.2, 0.25) is 0 Å². The molecule has 1 atom stereocenters. The summed E-state index contributed by atoms with van der Waals surface area (Å²) in [5.41, 5.74) is 4.01. The molecule has 1 aliphatic rings. The Balaban J connectivity index is 1.98. The molecule has 0 saturated heterocycles. The molecule has 0 aromatic carbocycles. The van der Waals surface area contributed by atoms with Crippen molar-refractivity contribution in [3.05, 3.63) is 59.2 Å². The Morgan fingerprint density at radius 1 is 1.37 bits per heavy atom. The molecule has 0 bridgehead atoms. The van der Waals surface area contributed by atoms with Crippen LogP contribution in [-0.2, 0) is 12.8 Å². The molecule has 96 valence electrons. The Labute approximate surface area is 112 Å². The number of ketones is 1. The van der Waals surface area contributed by atoms with Crippen molar-refractivity contribution in [2.75, 3.05) is 0 Å². The van der Waals surface area contributed by atoms with E-state index in [4.69, 9.17) is 0 Å². The summed E-state index contributed by atoms with van der Waals surface area (Å²) in [5, 5.41) is 0. The molecule has 0 amide bonds. The molecule has 3 rings (SSSR count). The fourth-order valence-electron chi connectivity index (χ4n) is 2.80. The lowest BCUT2D eigenvalue weighted by atomic mass is 9.92. The standard InChI is InChI=1S/C16H16N2O/c1-2-11-10-17-9-7-13(11)16(19)14-6-5-12-4-3-8-18-15(12)14/h3-4,7-10,14H,2,5-6H2,1H3. The summed E-state index contributed by atoms with van der Waals surface area (Å²) in [6, 6.07) is 5.85. The van der Waals surface area contributed by atoms with E-state index in [9.17, 15) is 4.79 Å². The van der Waals surface area contributed by atoms with E-state index in [0.717, 1.165) is 36.1 Å². The molecule has 0 spiro atoms. The molecule has 1 aliphatic carbocycles. The van der Waals surface area contributed by atoms with Crippen LogP contribution in [0.5, 0.6) is 0 Å². The van der Waals surface area contributed by atoms with Gasteiger partial charge >= 0.3 is 0 Å². The highest BCUT2D eigenvalue weighted by Gasteiger charge is 2.31. The van der Waals surface area contributed by atoms with Crippen LogP contribution in [-0.4, -0.2) is 15.8 Å². The minimum atomic E-state index is -0.0797. The van der Waals surface area contributed by atoms with Crippen molar-refractivity contribution >= 4 is 5.78 Å². The molecule has 0 saturated carbocycles. The highest BCUT2D eigenvalue weighted by molar-refractivity contribution is 6.02. The molecule has 0 N–H and O–H groups in total. The Bertz CT molecular complexity index is 622. The second kappa shape index (κ2) is 4.92. The van der Waals surface area contributed by atoms with E-state index >= 15 is 0 Å². The largest absolute Gasteiger partial charge is 0.293 e. The number of pyridine rings is 2. The quantitative estimate of drug-likeness (QED) is 0.789. The minimum absolute atomic E-state index is 0.0797. The maximum absolute atomic E-state index is 12.7. The first-order chi connectivity index (χ1) is 9.31. The van der Waals surface area contributed by atoms with Gasteiger partial charge < -0.3 is 0 Å². The van der Waals surface area contributed by atoms with Gasteiger partial charge in [-0.2, -0.15) is 0 Å². The summed E-state index contributed by atoms with van der Waals surface area (Å²) < 4.78 is 0. The average molecular weight is 252 g/mol. The number of rotatable bonds is 3. The summed E-state index contributed by atoms with van der Waals surface area (Å²) in [4.78, 5) is 21.2. The Kier molecular flexibility index (Phi) is 3.11. The summed E-state index contributed by atoms with van der Waals surface area (Å²) in [5.74, 6) is 0.112. The lowest BCUT2D eigenvalue weighted by Crippen LogP contribution is -2.13. The summed E-state index contributed by atoms with van der Waals surface area (Å²) in [6.45, 7) is 2.05. The molecule has 2 aromatic rings. The number of carbonyl (C=O) groups is 1. The van der Waals surface area contributed by atoms with Gasteiger partial charge in [0.05, 0.1) is 11.6 Å². The maximum Gasteiger partial charge on any atom is 0.172 e. The van der Waals surface area contributed by atoms with Gasteiger partial charge in [0.25, 0.3) is 0 Å². The first-order valence-electron chi connectivity index (χ1n) is 6.72. The molecular weight excluding hydrogens is 236 g/mol. The third kappa shape index (κ3) is 2.05. The number of hydrogen-bond acceptors (Lipinski definition) is 3. The zero-order valence-electron chi connectivity index (χ0n) is 11.0. The molecule has 2 heterocycles. The molecule has 2 aromatic heterocycles. The van der Waals surface area contributed by atoms with E-state index in [2.05, 4.69) is 23.0 Å². The smallest absolute Gasteiger partial charge is 0.172 e. The lowest BCUT2D eigenvalue weighted by molar-refractivity contribution is 0.0957. The van der Waals surface area contributed by atoms with Gasteiger partial charge in [-0.3, -0.25) is 14.8 Å². The monoisotopic (exact) mass is 252 g/mol. The van der Waals surface area contributed by atoms with Crippen LogP contribution in [0.3, 0.4) is 0 Å². The number of nitrogens with zero attached hydrogens (tertiary/aromatic N) is 2. The van der Waals surface area contributed by atoms with E-state index in [1.54, 1.807) is 18.6 Å². The van der Waals surface area contributed by atoms with Crippen LogP contribution < -0.4 is 0 Å². The van der Waals surface area contributed by atoms with Crippen molar-refractivity contribution in [2.24, 2.45) is 0 Å². The van der Waals surface area contributed by atoms with Crippen LogP contribution >= 0.6 is 0 Å². The minimum Gasteiger partial charge on any atom is -0.293 e. The van der Waals surface area contributed by atoms with Gasteiger partial charge in [0.2, 0.25) is 0 Å². The Morgan fingerprint density at radius 2 is 2.26 bits per heavy atom. The summed E-state index contributed by atoms with van der Waals surface area (Å²) in [7, 11) is 0. The van der Waals surface area contributed by atoms with Crippen LogP contribution in [0.15, 0.2) is 36.8 Å². The molecule has 19 heavy (non-hydrogen) atoms. The first-order valence-corrected chi connectivity index (χ1v) is 6.72. The third-order valence-corrected chi connectivity index (χ3v) is 3.82. The number of fused-ring (bicyclic) bond motifs is 1. The van der Waals surface area contributed by atoms with Crippen molar-refractivity contribution in [1.29, 1.82) is 0 Å². The van der Waals surface area contributed by atoms with Gasteiger partial charge in [0.1, 0.15) is 0 Å². The Morgan fingerprint density at radius 3 is 3.11 bits per heavy atom. The second-order valence-electron chi connectivity index (χ2n) is 4.89. The summed E-state index contributed by atoms with van der Waals surface area (Å²) in [6.07, 6.45) is 7.92. The molecule has 0 fully saturated rings. The van der Waals surface area contributed by atoms with E-state index in [1.165, 1.54) is 5.56 Å². The SMILES string of the molecule is CCc1cnccc1C(=O)C1CCc2cccnc21. The fourth-order valence-corrected chi connectivity index (χ4v) is 2.80. The molecule has 1 unspecified atom stereocenters. The zero-order chi connectivity index (χ0) is 13.2. The van der Waals surface area contributed by atoms with Gasteiger partial charge in [-0.1, -0.05) is 13.0 Å². The van der Waals surface area contributed by atoms with Gasteiger partial charge in [-0.15, -0.1) is 0 Å². The molecule has 0 aliphatic heterocycles. The van der Waals surface area contributed by atoms with E-state index in [-0.39, 0.29) is 11.7 Å². The fraction of sp³-hybridized carbons (Fsp3) is 0.312. The van der Waals surface area contributed by atoms with Crippen molar-refractivity contribution in [1.82, 2.24) is 9.97 Å². The van der Waals surface area contributed by atoms with E-state index in [1.807, 2.05) is 12.1 Å². The molecular formula is C16H16N2O. The van der Waals surface area contributed by atoms with Crippen molar-refractivity contribution < 1.29 is 4.79 Å². The van der Waals surface area contributed by atoms with Gasteiger partial charge in [-0.05, 0) is 42.5 Å². The highest BCUT2D eigenvalue weighted by Crippen LogP contribution is 2.34. The lowest BCUT2D eigenvalue weighted by Gasteiger charge is -2.12. The molecule has 3 heteroatoms. The summed E-state index contributed by atoms with van der Waals surface area (Å²) >= 11 is 0. The molecule has 3 nitrogen and oxygen atoms in total. The third-order valence-electron chi connectivity index (χ3n) is 3.82. The van der Waals surface area contributed by atoms with Crippen LogP contribution in [0.4, 0.5) is 0 Å². The second-order valence-corrected chi connectivity index (χ2v) is 4.89. The van der Waals surface area contributed by atoms with Gasteiger partial charge in [-0.25, -0.2) is 0 Å². The maximum atomic E-state index is 12.7. The number of carbonyl (C=O) groups excluding carboxylic acids is 1. The predicted molar refractivity (Wildman–Crippen MR) is 73.2 cm³/mol. The zero-order valence-corrected chi connectivity index (χ0v) is 11.0. The van der Waals surface area contributed by atoms with Gasteiger partial charge in [0, 0.05) is 24.2 Å². The predicted octanol–water partition coefficient (Wildman–Crippen LogP) is 2.95. The average Bonchev–Trinajstić information content (AvgIpc) is 2.90. The van der Waals surface area contributed by atoms with E-state index in [0.29, 0.717) is 0 Å². The molecule has 0 radical (unpaired) electrons.